The van der Waals surface area contributed by atoms with Crippen molar-refractivity contribution < 1.29 is 13.6 Å². The Morgan fingerprint density at radius 3 is 2.81 bits per heavy atom. The fourth-order valence-corrected chi connectivity index (χ4v) is 4.87. The van der Waals surface area contributed by atoms with E-state index in [1.807, 2.05) is 6.07 Å². The van der Waals surface area contributed by atoms with E-state index in [9.17, 15) is 18.8 Å². The van der Waals surface area contributed by atoms with Crippen molar-refractivity contribution >= 4 is 34.2 Å². The van der Waals surface area contributed by atoms with Crippen molar-refractivity contribution in [3.05, 3.63) is 64.8 Å². The fourth-order valence-electron chi connectivity index (χ4n) is 4.67. The number of carbonyl (C=O) groups excluding carboxylic acids is 1. The zero-order valence-electron chi connectivity index (χ0n) is 19.3. The number of hydrogen-bond donors (Lipinski definition) is 3. The molecule has 2 atom stereocenters. The van der Waals surface area contributed by atoms with Crippen LogP contribution in [0, 0.1) is 23.0 Å². The lowest BCUT2D eigenvalue weighted by Gasteiger charge is -2.30. The van der Waals surface area contributed by atoms with Crippen molar-refractivity contribution in [1.29, 1.82) is 5.26 Å². The van der Waals surface area contributed by atoms with Crippen molar-refractivity contribution in [2.75, 3.05) is 5.32 Å². The SMILES string of the molecule is Cn1cnc(C(=O)NC2CCC[C@@H](Nc3nc(-c4c[nH]c5c(F)cc(Cl)cc45)c(C#N)cc3F)C2)c1. The Bertz CT molecular complexity index is 1510. The molecular weight excluding hydrogens is 488 g/mol. The second kappa shape index (κ2) is 9.59. The van der Waals surface area contributed by atoms with Crippen molar-refractivity contribution in [2.45, 2.75) is 37.8 Å². The predicted octanol–water partition coefficient (Wildman–Crippen LogP) is 4.92. The van der Waals surface area contributed by atoms with Gasteiger partial charge in [0, 0.05) is 47.5 Å². The molecule has 0 radical (unpaired) electrons. The molecule has 5 rings (SSSR count). The van der Waals surface area contributed by atoms with Crippen molar-refractivity contribution in [3.63, 3.8) is 0 Å². The molecule has 0 spiro atoms. The molecule has 1 aliphatic carbocycles. The molecule has 0 bridgehead atoms. The molecule has 1 unspecified atom stereocenters. The summed E-state index contributed by atoms with van der Waals surface area (Å²) in [7, 11) is 1.79. The van der Waals surface area contributed by atoms with Crippen LogP contribution >= 0.6 is 11.6 Å². The number of nitrogens with one attached hydrogen (secondary N) is 3. The predicted molar refractivity (Wildman–Crippen MR) is 132 cm³/mol. The summed E-state index contributed by atoms with van der Waals surface area (Å²) in [6.07, 6.45) is 7.70. The topological polar surface area (TPSA) is 111 Å². The minimum absolute atomic E-state index is 0.0115. The second-order valence-electron chi connectivity index (χ2n) is 8.94. The maximum Gasteiger partial charge on any atom is 0.271 e. The maximum absolute atomic E-state index is 14.9. The summed E-state index contributed by atoms with van der Waals surface area (Å²) >= 11 is 6.04. The number of rotatable bonds is 5. The third-order valence-electron chi connectivity index (χ3n) is 6.35. The van der Waals surface area contributed by atoms with Gasteiger partial charge < -0.3 is 20.2 Å². The van der Waals surface area contributed by atoms with Crippen LogP contribution in [0.15, 0.2) is 36.9 Å². The fraction of sp³-hybridized carbons (Fsp3) is 0.280. The number of nitriles is 1. The highest BCUT2D eigenvalue weighted by molar-refractivity contribution is 6.31. The zero-order chi connectivity index (χ0) is 25.4. The quantitative estimate of drug-likeness (QED) is 0.353. The van der Waals surface area contributed by atoms with Crippen LogP contribution in [0.4, 0.5) is 14.6 Å². The van der Waals surface area contributed by atoms with E-state index < -0.39 is 11.6 Å². The number of aryl methyl sites for hydroxylation is 1. The lowest BCUT2D eigenvalue weighted by atomic mass is 9.90. The summed E-state index contributed by atoms with van der Waals surface area (Å²) in [6.45, 7) is 0. The smallest absolute Gasteiger partial charge is 0.271 e. The number of fused-ring (bicyclic) bond motifs is 1. The first kappa shape index (κ1) is 23.8. The zero-order valence-corrected chi connectivity index (χ0v) is 20.0. The van der Waals surface area contributed by atoms with E-state index in [1.165, 1.54) is 12.3 Å². The Labute approximate surface area is 210 Å². The first-order chi connectivity index (χ1) is 17.3. The number of halogens is 3. The number of aromatic amines is 1. The molecule has 3 aromatic heterocycles. The van der Waals surface area contributed by atoms with Gasteiger partial charge in [-0.25, -0.2) is 18.7 Å². The first-order valence-electron chi connectivity index (χ1n) is 11.4. The van der Waals surface area contributed by atoms with Gasteiger partial charge in [-0.3, -0.25) is 4.79 Å². The molecule has 4 aromatic rings. The summed E-state index contributed by atoms with van der Waals surface area (Å²) in [6, 6.07) is 5.59. The molecule has 1 aromatic carbocycles. The van der Waals surface area contributed by atoms with Crippen LogP contribution in [0.25, 0.3) is 22.2 Å². The van der Waals surface area contributed by atoms with Crippen molar-refractivity contribution in [3.8, 4) is 17.3 Å². The number of carbonyl (C=O) groups is 1. The van der Waals surface area contributed by atoms with Crippen molar-refractivity contribution in [1.82, 2.24) is 24.8 Å². The summed E-state index contributed by atoms with van der Waals surface area (Å²) < 4.78 is 31.0. The second-order valence-corrected chi connectivity index (χ2v) is 9.38. The average Bonchev–Trinajstić information content (AvgIpc) is 3.47. The largest absolute Gasteiger partial charge is 0.365 e. The molecule has 0 saturated heterocycles. The standard InChI is InChI=1S/C25H22ClF2N7O/c1-35-11-21(31-12-35)25(36)33-16-4-2-3-15(8-16)32-24-20(28)5-13(9-29)22(34-24)18-10-30-23-17(18)6-14(26)7-19(23)27/h5-7,10-12,15-16,30H,2-4,8H2,1H3,(H,32,34)(H,33,36)/t15-,16?/m1/s1. The van der Waals surface area contributed by atoms with Crippen molar-refractivity contribution in [2.24, 2.45) is 7.05 Å². The minimum atomic E-state index is -0.668. The van der Waals surface area contributed by atoms with E-state index >= 15 is 0 Å². The van der Waals surface area contributed by atoms with Crippen LogP contribution in [0.5, 0.6) is 0 Å². The van der Waals surface area contributed by atoms with E-state index in [2.05, 4.69) is 25.6 Å². The first-order valence-corrected chi connectivity index (χ1v) is 11.8. The van der Waals surface area contributed by atoms with Gasteiger partial charge in [0.25, 0.3) is 5.91 Å². The summed E-state index contributed by atoms with van der Waals surface area (Å²) in [5.74, 6) is -1.47. The van der Waals surface area contributed by atoms with Crippen LogP contribution in [-0.4, -0.2) is 37.5 Å². The normalized spacial score (nSPS) is 17.6. The molecule has 1 saturated carbocycles. The number of pyridine rings is 1. The van der Waals surface area contributed by atoms with Crippen LogP contribution in [0.1, 0.15) is 41.7 Å². The van der Waals surface area contributed by atoms with E-state index in [1.54, 1.807) is 30.2 Å². The van der Waals surface area contributed by atoms with Gasteiger partial charge in [0.1, 0.15) is 17.6 Å². The lowest BCUT2D eigenvalue weighted by molar-refractivity contribution is 0.0921. The van der Waals surface area contributed by atoms with E-state index in [-0.39, 0.29) is 45.6 Å². The Balaban J connectivity index is 1.39. The monoisotopic (exact) mass is 509 g/mol. The van der Waals surface area contributed by atoms with E-state index in [4.69, 9.17) is 11.6 Å². The van der Waals surface area contributed by atoms with Gasteiger partial charge in [0.2, 0.25) is 0 Å². The third-order valence-corrected chi connectivity index (χ3v) is 6.56. The number of aromatic nitrogens is 4. The highest BCUT2D eigenvalue weighted by atomic mass is 35.5. The number of benzene rings is 1. The number of anilines is 1. The molecule has 36 heavy (non-hydrogen) atoms. The van der Waals surface area contributed by atoms with Gasteiger partial charge in [-0.15, -0.1) is 0 Å². The molecule has 8 nitrogen and oxygen atoms in total. The van der Waals surface area contributed by atoms with Gasteiger partial charge in [0.05, 0.1) is 23.1 Å². The van der Waals surface area contributed by atoms with Crippen LogP contribution in [-0.2, 0) is 7.05 Å². The molecule has 3 N–H and O–H groups in total. The molecule has 0 aliphatic heterocycles. The highest BCUT2D eigenvalue weighted by Crippen LogP contribution is 2.34. The van der Waals surface area contributed by atoms with Gasteiger partial charge in [-0.05, 0) is 43.9 Å². The minimum Gasteiger partial charge on any atom is -0.365 e. The molecule has 1 amide bonds. The number of hydrogen-bond acceptors (Lipinski definition) is 5. The molecule has 1 aliphatic rings. The molecular formula is C25H22ClF2N7O. The van der Waals surface area contributed by atoms with E-state index in [0.29, 0.717) is 23.1 Å². The number of imidazole rings is 1. The Hall–Kier alpha value is -3.97. The van der Waals surface area contributed by atoms with Crippen LogP contribution < -0.4 is 10.6 Å². The number of H-pyrrole nitrogens is 1. The number of amides is 1. The average molecular weight is 510 g/mol. The molecule has 1 fully saturated rings. The highest BCUT2D eigenvalue weighted by Gasteiger charge is 2.26. The summed E-state index contributed by atoms with van der Waals surface area (Å²) in [5, 5.41) is 16.4. The van der Waals surface area contributed by atoms with Gasteiger partial charge in [0.15, 0.2) is 11.6 Å². The number of nitrogens with zero attached hydrogens (tertiary/aromatic N) is 4. The van der Waals surface area contributed by atoms with Crippen LogP contribution in [0.3, 0.4) is 0 Å². The molecule has 11 heteroatoms. The van der Waals surface area contributed by atoms with Gasteiger partial charge in [-0.2, -0.15) is 5.26 Å². The van der Waals surface area contributed by atoms with E-state index in [0.717, 1.165) is 25.3 Å². The Morgan fingerprint density at radius 1 is 1.25 bits per heavy atom. The van der Waals surface area contributed by atoms with Gasteiger partial charge in [-0.1, -0.05) is 11.6 Å². The molecule has 3 heterocycles. The van der Waals surface area contributed by atoms with Crippen LogP contribution in [0.2, 0.25) is 5.02 Å². The third kappa shape index (κ3) is 4.62. The molecule has 184 valence electrons. The lowest BCUT2D eigenvalue weighted by Crippen LogP contribution is -2.42. The Morgan fingerprint density at radius 2 is 2.06 bits per heavy atom. The van der Waals surface area contributed by atoms with Gasteiger partial charge >= 0.3 is 0 Å². The summed E-state index contributed by atoms with van der Waals surface area (Å²) in [5.41, 5.74) is 1.23. The maximum atomic E-state index is 14.9. The summed E-state index contributed by atoms with van der Waals surface area (Å²) in [4.78, 5) is 23.8. The Kier molecular flexibility index (Phi) is 6.33.